The fourth-order valence-corrected chi connectivity index (χ4v) is 3.97. The molecular weight excluding hydrogens is 418 g/mol. The Morgan fingerprint density at radius 2 is 2.09 bits per heavy atom. The third-order valence-corrected chi connectivity index (χ3v) is 5.72. The zero-order chi connectivity index (χ0) is 23.4. The number of nitrogens with zero attached hydrogens (tertiary/aromatic N) is 4. The van der Waals surface area contributed by atoms with E-state index in [1.807, 2.05) is 29.2 Å². The Morgan fingerprint density at radius 3 is 2.82 bits per heavy atom. The van der Waals surface area contributed by atoms with Gasteiger partial charge in [-0.15, -0.1) is 11.7 Å². The number of fused-ring (bicyclic) bond motifs is 1. The van der Waals surface area contributed by atoms with Crippen LogP contribution in [0.3, 0.4) is 0 Å². The molecule has 1 aliphatic heterocycles. The molecule has 0 saturated carbocycles. The Bertz CT molecular complexity index is 1170. The third-order valence-electron chi connectivity index (χ3n) is 5.72. The van der Waals surface area contributed by atoms with Gasteiger partial charge in [0.2, 0.25) is 5.91 Å². The first-order valence-electron chi connectivity index (χ1n) is 10.8. The number of rotatable bonds is 9. The molecular formula is C25H27N5O3. The number of nitrogens with one attached hydrogen (secondary N) is 1. The molecule has 0 aliphatic carbocycles. The molecule has 0 saturated heterocycles. The summed E-state index contributed by atoms with van der Waals surface area (Å²) >= 11 is 0. The fraction of sp³-hybridized carbons (Fsp3) is 0.240. The first-order valence-corrected chi connectivity index (χ1v) is 10.8. The number of hydrogen-bond donors (Lipinski definition) is 2. The molecule has 8 heteroatoms. The van der Waals surface area contributed by atoms with Gasteiger partial charge in [-0.05, 0) is 43.2 Å². The summed E-state index contributed by atoms with van der Waals surface area (Å²) in [4.78, 5) is 14.6. The quantitative estimate of drug-likeness (QED) is 0.491. The van der Waals surface area contributed by atoms with E-state index in [1.165, 1.54) is 0 Å². The zero-order valence-corrected chi connectivity index (χ0v) is 18.6. The highest BCUT2D eigenvalue weighted by atomic mass is 16.5. The van der Waals surface area contributed by atoms with E-state index in [9.17, 15) is 9.90 Å². The van der Waals surface area contributed by atoms with Crippen molar-refractivity contribution < 1.29 is 14.6 Å². The van der Waals surface area contributed by atoms with Crippen LogP contribution in [-0.2, 0) is 17.9 Å². The van der Waals surface area contributed by atoms with Crippen LogP contribution < -0.4 is 10.1 Å². The number of phenols is 1. The van der Waals surface area contributed by atoms with Crippen molar-refractivity contribution in [1.29, 1.82) is 0 Å². The molecule has 2 aromatic carbocycles. The van der Waals surface area contributed by atoms with Gasteiger partial charge in [-0.1, -0.05) is 30.0 Å². The van der Waals surface area contributed by atoms with Gasteiger partial charge in [-0.3, -0.25) is 4.79 Å². The summed E-state index contributed by atoms with van der Waals surface area (Å²) in [5.74, 6) is 0.882. The van der Waals surface area contributed by atoms with Crippen molar-refractivity contribution in [2.24, 2.45) is 0 Å². The Hall–Kier alpha value is -4.07. The maximum atomic E-state index is 12.5. The molecule has 0 radical (unpaired) electrons. The number of hydrogen-bond acceptors (Lipinski definition) is 6. The van der Waals surface area contributed by atoms with Gasteiger partial charge >= 0.3 is 0 Å². The van der Waals surface area contributed by atoms with Crippen molar-refractivity contribution in [3.05, 3.63) is 84.7 Å². The van der Waals surface area contributed by atoms with Gasteiger partial charge in [0.1, 0.15) is 29.8 Å². The Kier molecular flexibility index (Phi) is 6.44. The minimum atomic E-state index is -0.328. The first-order chi connectivity index (χ1) is 16.0. The lowest BCUT2D eigenvalue weighted by molar-refractivity contribution is -0.125. The number of allylic oxidation sites excluding steroid dienone is 1. The first kappa shape index (κ1) is 22.1. The Balaban J connectivity index is 1.49. The molecule has 4 rings (SSSR count). The van der Waals surface area contributed by atoms with Gasteiger partial charge in [0.05, 0.1) is 11.9 Å². The van der Waals surface area contributed by atoms with Crippen LogP contribution in [-0.4, -0.2) is 44.0 Å². The molecule has 0 spiro atoms. The molecule has 33 heavy (non-hydrogen) atoms. The molecule has 1 atom stereocenters. The van der Waals surface area contributed by atoms with Gasteiger partial charge in [0.15, 0.2) is 0 Å². The van der Waals surface area contributed by atoms with E-state index >= 15 is 0 Å². The van der Waals surface area contributed by atoms with Gasteiger partial charge in [0, 0.05) is 30.4 Å². The normalized spacial score (nSPS) is 13.5. The monoisotopic (exact) mass is 445 g/mol. The third kappa shape index (κ3) is 4.59. The van der Waals surface area contributed by atoms with E-state index in [4.69, 9.17) is 4.74 Å². The number of carbonyl (C=O) groups excluding carboxylic acids is 1. The van der Waals surface area contributed by atoms with Gasteiger partial charge in [-0.2, -0.15) is 0 Å². The lowest BCUT2D eigenvalue weighted by Crippen LogP contribution is -2.42. The van der Waals surface area contributed by atoms with E-state index in [1.54, 1.807) is 42.2 Å². The summed E-state index contributed by atoms with van der Waals surface area (Å²) in [6.07, 6.45) is 5.00. The summed E-state index contributed by atoms with van der Waals surface area (Å²) in [6.45, 7) is 8.81. The second-order valence-electron chi connectivity index (χ2n) is 7.81. The van der Waals surface area contributed by atoms with Crippen molar-refractivity contribution in [2.45, 2.75) is 32.0 Å². The van der Waals surface area contributed by atoms with Crippen LogP contribution in [0.5, 0.6) is 11.5 Å². The predicted molar refractivity (Wildman–Crippen MR) is 126 cm³/mol. The van der Waals surface area contributed by atoms with E-state index in [0.717, 1.165) is 34.7 Å². The molecule has 1 aliphatic rings. The summed E-state index contributed by atoms with van der Waals surface area (Å²) in [6, 6.07) is 12.2. The number of likely N-dealkylation sites (N-methyl/N-ethyl adjacent to an activating group) is 1. The molecule has 170 valence electrons. The number of ether oxygens (including phenoxy) is 1. The van der Waals surface area contributed by atoms with Crippen LogP contribution in [0.2, 0.25) is 0 Å². The minimum absolute atomic E-state index is 0.0425. The second-order valence-corrected chi connectivity index (χ2v) is 7.81. The van der Waals surface area contributed by atoms with Crippen LogP contribution in [0, 0.1) is 0 Å². The molecule has 0 fully saturated rings. The van der Waals surface area contributed by atoms with Gasteiger partial charge < -0.3 is 20.1 Å². The maximum absolute atomic E-state index is 12.5. The summed E-state index contributed by atoms with van der Waals surface area (Å²) in [5.41, 5.74) is 4.25. The number of carbonyl (C=O) groups is 1. The highest BCUT2D eigenvalue weighted by Gasteiger charge is 2.33. The predicted octanol–water partition coefficient (Wildman–Crippen LogP) is 3.42. The van der Waals surface area contributed by atoms with E-state index < -0.39 is 0 Å². The number of aromatic nitrogens is 3. The molecule has 2 N–H and O–H groups in total. The van der Waals surface area contributed by atoms with Crippen LogP contribution in [0.1, 0.15) is 29.7 Å². The average molecular weight is 446 g/mol. The number of benzene rings is 2. The summed E-state index contributed by atoms with van der Waals surface area (Å²) in [5, 5.41) is 20.5. The summed E-state index contributed by atoms with van der Waals surface area (Å²) < 4.78 is 7.74. The highest BCUT2D eigenvalue weighted by molar-refractivity contribution is 5.85. The van der Waals surface area contributed by atoms with Gasteiger partial charge in [-0.25, -0.2) is 4.68 Å². The fourth-order valence-electron chi connectivity index (χ4n) is 3.97. The topological polar surface area (TPSA) is 92.5 Å². The SMILES string of the molecule is C=CCCC(C(=O)NC)N1Cc2c(OCc3cn(-c4ccc(O)cc4)nn3)cccc2C1=C. The minimum Gasteiger partial charge on any atom is -0.508 e. The molecule has 8 nitrogen and oxygen atoms in total. The van der Waals surface area contributed by atoms with Crippen LogP contribution >= 0.6 is 0 Å². The van der Waals surface area contributed by atoms with Crippen molar-refractivity contribution in [3.8, 4) is 17.2 Å². The van der Waals surface area contributed by atoms with Crippen molar-refractivity contribution in [1.82, 2.24) is 25.2 Å². The van der Waals surface area contributed by atoms with Crippen molar-refractivity contribution in [2.75, 3.05) is 7.05 Å². The number of phenolic OH excluding ortho intramolecular Hbond substituents is 1. The zero-order valence-electron chi connectivity index (χ0n) is 18.6. The van der Waals surface area contributed by atoms with Crippen LogP contribution in [0.25, 0.3) is 11.4 Å². The van der Waals surface area contributed by atoms with E-state index in [-0.39, 0.29) is 24.3 Å². The van der Waals surface area contributed by atoms with Crippen LogP contribution in [0.15, 0.2) is 67.9 Å². The standard InChI is InChI=1S/C25H27N5O3/c1-4-5-8-23(25(32)26-3)29-15-22-21(17(29)2)7-6-9-24(22)33-16-18-14-30(28-27-18)19-10-12-20(31)13-11-19/h4,6-7,9-14,23,31H,1-2,5,8,15-16H2,3H3,(H,26,32). The lowest BCUT2D eigenvalue weighted by Gasteiger charge is -2.29. The average Bonchev–Trinajstić information content (AvgIpc) is 3.44. The molecule has 0 bridgehead atoms. The van der Waals surface area contributed by atoms with Crippen molar-refractivity contribution >= 4 is 11.6 Å². The molecule has 1 unspecified atom stereocenters. The summed E-state index contributed by atoms with van der Waals surface area (Å²) in [7, 11) is 1.65. The lowest BCUT2D eigenvalue weighted by atomic mass is 10.1. The molecule has 1 aromatic heterocycles. The molecule has 3 aromatic rings. The number of aromatic hydroxyl groups is 1. The highest BCUT2D eigenvalue weighted by Crippen LogP contribution is 2.39. The number of amides is 1. The Labute approximate surface area is 192 Å². The maximum Gasteiger partial charge on any atom is 0.242 e. The molecule has 1 amide bonds. The van der Waals surface area contributed by atoms with Gasteiger partial charge in [0.25, 0.3) is 0 Å². The van der Waals surface area contributed by atoms with Crippen molar-refractivity contribution in [3.63, 3.8) is 0 Å². The largest absolute Gasteiger partial charge is 0.508 e. The second kappa shape index (κ2) is 9.60. The van der Waals surface area contributed by atoms with Crippen LogP contribution in [0.4, 0.5) is 0 Å². The smallest absolute Gasteiger partial charge is 0.242 e. The van der Waals surface area contributed by atoms with E-state index in [0.29, 0.717) is 18.7 Å². The molecule has 2 heterocycles. The van der Waals surface area contributed by atoms with E-state index in [2.05, 4.69) is 28.8 Å². The Morgan fingerprint density at radius 1 is 1.30 bits per heavy atom.